The molecule has 2 aromatic carbocycles. The Labute approximate surface area is 108 Å². The molecular formula is C10H10O3PbS. The van der Waals surface area contributed by atoms with Crippen molar-refractivity contribution in [2.24, 2.45) is 0 Å². The Morgan fingerprint density at radius 1 is 0.933 bits per heavy atom. The van der Waals surface area contributed by atoms with Gasteiger partial charge in [-0.05, 0) is 11.5 Å². The summed E-state index contributed by atoms with van der Waals surface area (Å²) in [4.78, 5) is -0.0457. The molecule has 0 aliphatic rings. The van der Waals surface area contributed by atoms with Crippen molar-refractivity contribution in [2.45, 2.75) is 4.90 Å². The SMILES string of the molecule is O=S(=O)(O)c1cccc2ccccc12.[PbH2]. The summed E-state index contributed by atoms with van der Waals surface area (Å²) in [5.41, 5.74) is 0. The van der Waals surface area contributed by atoms with Gasteiger partial charge >= 0.3 is 27.3 Å². The molecule has 0 unspecified atom stereocenters. The van der Waals surface area contributed by atoms with Gasteiger partial charge in [-0.15, -0.1) is 0 Å². The molecular weight excluding hydrogens is 407 g/mol. The van der Waals surface area contributed by atoms with Crippen molar-refractivity contribution in [3.63, 3.8) is 0 Å². The third kappa shape index (κ3) is 2.56. The first-order chi connectivity index (χ1) is 6.59. The normalized spacial score (nSPS) is 11.0. The van der Waals surface area contributed by atoms with Crippen LogP contribution in [0.1, 0.15) is 0 Å². The van der Waals surface area contributed by atoms with Crippen LogP contribution in [0.15, 0.2) is 47.4 Å². The fourth-order valence-corrected chi connectivity index (χ4v) is 2.13. The molecule has 2 radical (unpaired) electrons. The van der Waals surface area contributed by atoms with Gasteiger partial charge in [0.15, 0.2) is 0 Å². The topological polar surface area (TPSA) is 54.4 Å². The maximum absolute atomic E-state index is 11.0. The fraction of sp³-hybridized carbons (Fsp3) is 0. The number of benzene rings is 2. The van der Waals surface area contributed by atoms with E-state index in [1.165, 1.54) is 6.07 Å². The van der Waals surface area contributed by atoms with Gasteiger partial charge in [0.25, 0.3) is 10.1 Å². The van der Waals surface area contributed by atoms with Crippen LogP contribution in [0.4, 0.5) is 0 Å². The Hall–Kier alpha value is -0.468. The van der Waals surface area contributed by atoms with Gasteiger partial charge in [0, 0.05) is 5.39 Å². The quantitative estimate of drug-likeness (QED) is 0.560. The van der Waals surface area contributed by atoms with E-state index in [0.29, 0.717) is 5.39 Å². The van der Waals surface area contributed by atoms with Crippen LogP contribution in [0.5, 0.6) is 0 Å². The zero-order valence-electron chi connectivity index (χ0n) is 7.92. The van der Waals surface area contributed by atoms with Crippen molar-refractivity contribution < 1.29 is 13.0 Å². The van der Waals surface area contributed by atoms with Crippen molar-refractivity contribution in [1.29, 1.82) is 0 Å². The average molecular weight is 417 g/mol. The Balaban J connectivity index is 0.00000112. The van der Waals surface area contributed by atoms with Crippen LogP contribution in [-0.2, 0) is 10.1 Å². The molecule has 0 saturated carbocycles. The van der Waals surface area contributed by atoms with Crippen LogP contribution in [0.2, 0.25) is 0 Å². The van der Waals surface area contributed by atoms with Crippen LogP contribution in [0.3, 0.4) is 0 Å². The monoisotopic (exact) mass is 418 g/mol. The summed E-state index contributed by atoms with van der Waals surface area (Å²) in [6.07, 6.45) is 0. The van der Waals surface area contributed by atoms with Gasteiger partial charge in [-0.1, -0.05) is 36.4 Å². The molecule has 0 fully saturated rings. The summed E-state index contributed by atoms with van der Waals surface area (Å²) in [5, 5.41) is 1.33. The van der Waals surface area contributed by atoms with E-state index >= 15 is 0 Å². The summed E-state index contributed by atoms with van der Waals surface area (Å²) < 4.78 is 31.0. The Morgan fingerprint density at radius 2 is 1.53 bits per heavy atom. The van der Waals surface area contributed by atoms with E-state index in [4.69, 9.17) is 4.55 Å². The van der Waals surface area contributed by atoms with Crippen LogP contribution in [0, 0.1) is 0 Å². The van der Waals surface area contributed by atoms with E-state index in [1.54, 1.807) is 30.3 Å². The zero-order valence-corrected chi connectivity index (χ0v) is 14.2. The van der Waals surface area contributed by atoms with Crippen LogP contribution in [0.25, 0.3) is 10.8 Å². The third-order valence-corrected chi connectivity index (χ3v) is 2.94. The van der Waals surface area contributed by atoms with Crippen molar-refractivity contribution in [3.8, 4) is 0 Å². The number of hydrogen-bond donors (Lipinski definition) is 1. The summed E-state index contributed by atoms with van der Waals surface area (Å²) >= 11 is 0. The van der Waals surface area contributed by atoms with Gasteiger partial charge in [-0.2, -0.15) is 8.42 Å². The first kappa shape index (κ1) is 12.6. The van der Waals surface area contributed by atoms with Gasteiger partial charge in [-0.3, -0.25) is 4.55 Å². The second-order valence-corrected chi connectivity index (χ2v) is 4.34. The first-order valence-corrected chi connectivity index (χ1v) is 5.48. The molecule has 0 bridgehead atoms. The van der Waals surface area contributed by atoms with E-state index in [-0.39, 0.29) is 32.2 Å². The standard InChI is InChI=1S/C10H8O3S.Pb.2H/c11-14(12,13)10-7-3-5-8-4-1-2-6-9(8)10;;;/h1-7H,(H,11,12,13);;;. The van der Waals surface area contributed by atoms with Gasteiger partial charge in [0.05, 0.1) is 0 Å². The Morgan fingerprint density at radius 3 is 2.20 bits per heavy atom. The molecule has 2 aromatic rings. The average Bonchev–Trinajstić information content (AvgIpc) is 2.15. The van der Waals surface area contributed by atoms with Crippen LogP contribution >= 0.6 is 0 Å². The summed E-state index contributed by atoms with van der Waals surface area (Å²) in [7, 11) is -4.13. The van der Waals surface area contributed by atoms with Crippen LogP contribution in [-0.4, -0.2) is 40.3 Å². The molecule has 0 heterocycles. The molecule has 1 N–H and O–H groups in total. The number of hydrogen-bond acceptors (Lipinski definition) is 2. The summed E-state index contributed by atoms with van der Waals surface area (Å²) in [6, 6.07) is 11.8. The second kappa shape index (κ2) is 4.58. The van der Waals surface area contributed by atoms with Crippen LogP contribution < -0.4 is 0 Å². The first-order valence-electron chi connectivity index (χ1n) is 4.04. The van der Waals surface area contributed by atoms with Crippen molar-refractivity contribution >= 4 is 48.2 Å². The molecule has 2 rings (SSSR count). The minimum absolute atomic E-state index is 0. The van der Waals surface area contributed by atoms with Gasteiger partial charge in [0.1, 0.15) is 4.90 Å². The third-order valence-electron chi connectivity index (χ3n) is 2.03. The Kier molecular flexibility index (Phi) is 3.85. The maximum atomic E-state index is 11.0. The van der Waals surface area contributed by atoms with Gasteiger partial charge < -0.3 is 0 Å². The molecule has 5 heteroatoms. The molecule has 0 aromatic heterocycles. The van der Waals surface area contributed by atoms with E-state index in [0.717, 1.165) is 5.39 Å². The van der Waals surface area contributed by atoms with Gasteiger partial charge in [0.2, 0.25) is 0 Å². The van der Waals surface area contributed by atoms with E-state index in [1.807, 2.05) is 6.07 Å². The predicted octanol–water partition coefficient (Wildman–Crippen LogP) is 1.17. The molecule has 0 aliphatic carbocycles. The van der Waals surface area contributed by atoms with Crippen molar-refractivity contribution in [3.05, 3.63) is 42.5 Å². The zero-order chi connectivity index (χ0) is 10.2. The fourth-order valence-electron chi connectivity index (χ4n) is 1.42. The number of fused-ring (bicyclic) bond motifs is 1. The molecule has 0 spiro atoms. The molecule has 3 nitrogen and oxygen atoms in total. The van der Waals surface area contributed by atoms with E-state index in [9.17, 15) is 8.42 Å². The van der Waals surface area contributed by atoms with Gasteiger partial charge in [-0.25, -0.2) is 0 Å². The molecule has 0 aliphatic heterocycles. The van der Waals surface area contributed by atoms with Crippen molar-refractivity contribution in [2.75, 3.05) is 0 Å². The van der Waals surface area contributed by atoms with E-state index in [2.05, 4.69) is 0 Å². The number of rotatable bonds is 1. The Bertz CT molecular complexity index is 573. The van der Waals surface area contributed by atoms with Crippen molar-refractivity contribution in [1.82, 2.24) is 0 Å². The molecule has 78 valence electrons. The minimum atomic E-state index is -4.13. The molecule has 0 atom stereocenters. The molecule has 0 amide bonds. The molecule has 0 saturated heterocycles. The van der Waals surface area contributed by atoms with E-state index < -0.39 is 10.1 Å². The second-order valence-electron chi connectivity index (χ2n) is 2.95. The summed E-state index contributed by atoms with van der Waals surface area (Å²) in [6.45, 7) is 0. The summed E-state index contributed by atoms with van der Waals surface area (Å²) in [5.74, 6) is 0. The molecule has 15 heavy (non-hydrogen) atoms. The predicted molar refractivity (Wildman–Crippen MR) is 62.3 cm³/mol.